The van der Waals surface area contributed by atoms with Gasteiger partial charge in [0.15, 0.2) is 11.6 Å². The molecule has 4 rings (SSSR count). The summed E-state index contributed by atoms with van der Waals surface area (Å²) < 4.78 is 5.74. The van der Waals surface area contributed by atoms with Gasteiger partial charge in [0.05, 0.1) is 11.3 Å². The van der Waals surface area contributed by atoms with Gasteiger partial charge in [-0.25, -0.2) is 14.8 Å². The van der Waals surface area contributed by atoms with Crippen LogP contribution in [0, 0.1) is 0 Å². The van der Waals surface area contributed by atoms with Crippen LogP contribution in [0.2, 0.25) is 0 Å². The molecule has 5 heteroatoms. The molecule has 104 valence electrons. The molecule has 3 aromatic rings. The molecule has 1 saturated carbocycles. The summed E-state index contributed by atoms with van der Waals surface area (Å²) in [6, 6.07) is 9.55. The van der Waals surface area contributed by atoms with Crippen LogP contribution in [0.25, 0.3) is 22.6 Å². The Morgan fingerprint density at radius 1 is 1.29 bits per heavy atom. The summed E-state index contributed by atoms with van der Waals surface area (Å²) in [5, 5.41) is 10.2. The van der Waals surface area contributed by atoms with Gasteiger partial charge >= 0.3 is 5.97 Å². The van der Waals surface area contributed by atoms with E-state index >= 15 is 0 Å². The molecule has 21 heavy (non-hydrogen) atoms. The number of nitrogens with zero attached hydrogens (tertiary/aromatic N) is 2. The van der Waals surface area contributed by atoms with E-state index < -0.39 is 5.97 Å². The lowest BCUT2D eigenvalue weighted by Gasteiger charge is -2.04. The van der Waals surface area contributed by atoms with Crippen molar-refractivity contribution in [2.24, 2.45) is 0 Å². The van der Waals surface area contributed by atoms with Crippen LogP contribution in [-0.2, 0) is 0 Å². The van der Waals surface area contributed by atoms with Crippen LogP contribution >= 0.6 is 0 Å². The first-order valence-electron chi connectivity index (χ1n) is 6.81. The maximum Gasteiger partial charge on any atom is 0.339 e. The van der Waals surface area contributed by atoms with Crippen molar-refractivity contribution in [2.75, 3.05) is 0 Å². The van der Waals surface area contributed by atoms with E-state index in [4.69, 9.17) is 4.42 Å². The van der Waals surface area contributed by atoms with Gasteiger partial charge < -0.3 is 9.52 Å². The second kappa shape index (κ2) is 4.41. The second-order valence-corrected chi connectivity index (χ2v) is 5.22. The Balaban J connectivity index is 1.84. The largest absolute Gasteiger partial charge is 0.478 e. The van der Waals surface area contributed by atoms with Crippen LogP contribution in [0.5, 0.6) is 0 Å². The Morgan fingerprint density at radius 3 is 2.81 bits per heavy atom. The van der Waals surface area contributed by atoms with E-state index in [1.807, 2.05) is 30.3 Å². The number of carboxylic acid groups (broad SMARTS) is 1. The zero-order valence-electron chi connectivity index (χ0n) is 11.1. The number of aromatic carboxylic acids is 1. The van der Waals surface area contributed by atoms with Gasteiger partial charge in [0.25, 0.3) is 0 Å². The first-order valence-corrected chi connectivity index (χ1v) is 6.81. The molecule has 1 N–H and O–H groups in total. The summed E-state index contributed by atoms with van der Waals surface area (Å²) in [6.07, 6.45) is 3.35. The predicted octanol–water partition coefficient (Wildman–Crippen LogP) is 3.47. The van der Waals surface area contributed by atoms with E-state index in [-0.39, 0.29) is 11.5 Å². The zero-order valence-corrected chi connectivity index (χ0v) is 11.1. The van der Waals surface area contributed by atoms with Crippen LogP contribution in [0.3, 0.4) is 0 Å². The molecule has 1 fully saturated rings. The predicted molar refractivity (Wildman–Crippen MR) is 76.2 cm³/mol. The maximum absolute atomic E-state index is 11.2. The van der Waals surface area contributed by atoms with Gasteiger partial charge in [-0.1, -0.05) is 18.2 Å². The van der Waals surface area contributed by atoms with Crippen LogP contribution in [0.1, 0.15) is 34.8 Å². The van der Waals surface area contributed by atoms with Crippen molar-refractivity contribution in [3.63, 3.8) is 0 Å². The fraction of sp³-hybridized carbons (Fsp3) is 0.188. The molecular formula is C16H12N2O3. The van der Waals surface area contributed by atoms with Crippen LogP contribution in [0.4, 0.5) is 0 Å². The molecule has 1 aliphatic rings. The van der Waals surface area contributed by atoms with Gasteiger partial charge in [0.2, 0.25) is 0 Å². The van der Waals surface area contributed by atoms with Crippen molar-refractivity contribution < 1.29 is 14.3 Å². The highest BCUT2D eigenvalue weighted by Crippen LogP contribution is 2.41. The SMILES string of the molecule is O=C(O)c1cnc(-c2cc3ccccc3o2)nc1C1CC1. The highest BCUT2D eigenvalue weighted by Gasteiger charge is 2.30. The fourth-order valence-electron chi connectivity index (χ4n) is 2.44. The lowest BCUT2D eigenvalue weighted by atomic mass is 10.1. The number of carboxylic acids is 1. The normalized spacial score (nSPS) is 14.5. The number of para-hydroxylation sites is 1. The van der Waals surface area contributed by atoms with E-state index in [1.54, 1.807) is 0 Å². The van der Waals surface area contributed by atoms with Crippen molar-refractivity contribution in [1.82, 2.24) is 9.97 Å². The average Bonchev–Trinajstić information content (AvgIpc) is 3.25. The van der Waals surface area contributed by atoms with Crippen molar-refractivity contribution >= 4 is 16.9 Å². The summed E-state index contributed by atoms with van der Waals surface area (Å²) >= 11 is 0. The Morgan fingerprint density at radius 2 is 2.10 bits per heavy atom. The molecule has 0 spiro atoms. The number of benzene rings is 1. The fourth-order valence-corrected chi connectivity index (χ4v) is 2.44. The Labute approximate surface area is 120 Å². The summed E-state index contributed by atoms with van der Waals surface area (Å²) in [4.78, 5) is 19.8. The number of aromatic nitrogens is 2. The molecule has 0 saturated heterocycles. The highest BCUT2D eigenvalue weighted by molar-refractivity contribution is 5.89. The minimum atomic E-state index is -0.979. The molecule has 5 nitrogen and oxygen atoms in total. The summed E-state index contributed by atoms with van der Waals surface area (Å²) in [7, 11) is 0. The van der Waals surface area contributed by atoms with Crippen molar-refractivity contribution in [3.05, 3.63) is 47.8 Å². The van der Waals surface area contributed by atoms with E-state index in [0.717, 1.165) is 23.8 Å². The third-order valence-corrected chi connectivity index (χ3v) is 3.66. The van der Waals surface area contributed by atoms with Crippen LogP contribution < -0.4 is 0 Å². The van der Waals surface area contributed by atoms with Gasteiger partial charge in [0, 0.05) is 17.5 Å². The van der Waals surface area contributed by atoms with Crippen LogP contribution in [0.15, 0.2) is 40.9 Å². The van der Waals surface area contributed by atoms with Crippen LogP contribution in [-0.4, -0.2) is 21.0 Å². The monoisotopic (exact) mass is 280 g/mol. The summed E-state index contributed by atoms with van der Waals surface area (Å²) in [5.74, 6) is 0.267. The van der Waals surface area contributed by atoms with E-state index in [0.29, 0.717) is 17.3 Å². The average molecular weight is 280 g/mol. The lowest BCUT2D eigenvalue weighted by molar-refractivity contribution is 0.0694. The van der Waals surface area contributed by atoms with Gasteiger partial charge in [-0.3, -0.25) is 0 Å². The maximum atomic E-state index is 11.2. The third kappa shape index (κ3) is 2.07. The first kappa shape index (κ1) is 12.1. The molecule has 2 aromatic heterocycles. The van der Waals surface area contributed by atoms with Gasteiger partial charge in [-0.05, 0) is 25.0 Å². The smallest absolute Gasteiger partial charge is 0.339 e. The quantitative estimate of drug-likeness (QED) is 0.795. The number of fused-ring (bicyclic) bond motifs is 1. The van der Waals surface area contributed by atoms with Gasteiger partial charge in [-0.2, -0.15) is 0 Å². The topological polar surface area (TPSA) is 76.2 Å². The number of hydrogen-bond donors (Lipinski definition) is 1. The molecule has 0 aliphatic heterocycles. The zero-order chi connectivity index (χ0) is 14.4. The highest BCUT2D eigenvalue weighted by atomic mass is 16.4. The standard InChI is InChI=1S/C16H12N2O3/c19-16(20)11-8-17-15(18-14(11)9-5-6-9)13-7-10-3-1-2-4-12(10)21-13/h1-4,7-9H,5-6H2,(H,19,20). The first-order chi connectivity index (χ1) is 10.2. The summed E-state index contributed by atoms with van der Waals surface area (Å²) in [6.45, 7) is 0. The Kier molecular flexibility index (Phi) is 2.54. The minimum Gasteiger partial charge on any atom is -0.478 e. The minimum absolute atomic E-state index is 0.192. The molecule has 0 unspecified atom stereocenters. The number of rotatable bonds is 3. The van der Waals surface area contributed by atoms with Gasteiger partial charge in [-0.15, -0.1) is 0 Å². The van der Waals surface area contributed by atoms with E-state index in [1.165, 1.54) is 6.20 Å². The molecule has 2 heterocycles. The Hall–Kier alpha value is -2.69. The number of carbonyl (C=O) groups is 1. The van der Waals surface area contributed by atoms with E-state index in [9.17, 15) is 9.90 Å². The van der Waals surface area contributed by atoms with Crippen molar-refractivity contribution in [3.8, 4) is 11.6 Å². The summed E-state index contributed by atoms with van der Waals surface area (Å²) in [5.41, 5.74) is 1.58. The third-order valence-electron chi connectivity index (χ3n) is 3.66. The molecule has 0 atom stereocenters. The molecule has 0 bridgehead atoms. The van der Waals surface area contributed by atoms with E-state index in [2.05, 4.69) is 9.97 Å². The molecule has 0 radical (unpaired) electrons. The molecular weight excluding hydrogens is 268 g/mol. The van der Waals surface area contributed by atoms with Crippen molar-refractivity contribution in [2.45, 2.75) is 18.8 Å². The number of hydrogen-bond acceptors (Lipinski definition) is 4. The van der Waals surface area contributed by atoms with Crippen molar-refractivity contribution in [1.29, 1.82) is 0 Å². The molecule has 1 aliphatic carbocycles. The molecule has 1 aromatic carbocycles. The second-order valence-electron chi connectivity index (χ2n) is 5.22. The van der Waals surface area contributed by atoms with Gasteiger partial charge in [0.1, 0.15) is 5.58 Å². The molecule has 0 amide bonds. The lowest BCUT2D eigenvalue weighted by Crippen LogP contribution is -2.06. The Bertz CT molecular complexity index is 817. The number of furan rings is 1.